The summed E-state index contributed by atoms with van der Waals surface area (Å²) < 4.78 is 1.94. The molecule has 0 amide bonds. The van der Waals surface area contributed by atoms with E-state index >= 15 is 0 Å². The molecule has 11 heavy (non-hydrogen) atoms. The minimum atomic E-state index is 0.407. The third-order valence-electron chi connectivity index (χ3n) is 1.63. The fraction of sp³-hybridized carbons (Fsp3) is 0.714. The second-order valence-electron chi connectivity index (χ2n) is 2.82. The van der Waals surface area contributed by atoms with Crippen LogP contribution in [0, 0.1) is 0 Å². The largest absolute Gasteiger partial charge is 0.317 e. The standard InChI is InChI=1S/C7H12ClN3/c1-5(2)7-10-9-6(4-8)11(7)3/h5H,4H2,1-3H3. The quantitative estimate of drug-likeness (QED) is 0.638. The van der Waals surface area contributed by atoms with Crippen LogP contribution in [-0.4, -0.2) is 14.8 Å². The molecule has 0 saturated carbocycles. The zero-order valence-electron chi connectivity index (χ0n) is 7.00. The van der Waals surface area contributed by atoms with E-state index in [1.54, 1.807) is 0 Å². The zero-order valence-corrected chi connectivity index (χ0v) is 7.76. The van der Waals surface area contributed by atoms with Gasteiger partial charge in [0, 0.05) is 13.0 Å². The van der Waals surface area contributed by atoms with Gasteiger partial charge in [-0.05, 0) is 0 Å². The molecule has 0 radical (unpaired) electrons. The lowest BCUT2D eigenvalue weighted by Crippen LogP contribution is -2.02. The molecule has 0 aromatic carbocycles. The van der Waals surface area contributed by atoms with Gasteiger partial charge in [0.15, 0.2) is 0 Å². The first-order valence-electron chi connectivity index (χ1n) is 3.61. The Morgan fingerprint density at radius 3 is 2.36 bits per heavy atom. The van der Waals surface area contributed by atoms with Gasteiger partial charge in [0.25, 0.3) is 0 Å². The van der Waals surface area contributed by atoms with Gasteiger partial charge in [0.1, 0.15) is 11.6 Å². The zero-order chi connectivity index (χ0) is 8.43. The maximum atomic E-state index is 5.63. The summed E-state index contributed by atoms with van der Waals surface area (Å²) in [5, 5.41) is 7.95. The third-order valence-corrected chi connectivity index (χ3v) is 1.87. The van der Waals surface area contributed by atoms with Crippen molar-refractivity contribution in [3.8, 4) is 0 Å². The number of alkyl halides is 1. The highest BCUT2D eigenvalue weighted by atomic mass is 35.5. The van der Waals surface area contributed by atoms with Crippen LogP contribution in [0.5, 0.6) is 0 Å². The van der Waals surface area contributed by atoms with Crippen molar-refractivity contribution in [1.29, 1.82) is 0 Å². The molecule has 1 aromatic heterocycles. The second kappa shape index (κ2) is 3.22. The van der Waals surface area contributed by atoms with Crippen LogP contribution in [0.1, 0.15) is 31.4 Å². The van der Waals surface area contributed by atoms with Gasteiger partial charge < -0.3 is 4.57 Å². The monoisotopic (exact) mass is 173 g/mol. The van der Waals surface area contributed by atoms with Gasteiger partial charge in [-0.25, -0.2) is 0 Å². The van der Waals surface area contributed by atoms with Crippen molar-refractivity contribution in [2.75, 3.05) is 0 Å². The number of halogens is 1. The molecule has 0 saturated heterocycles. The lowest BCUT2D eigenvalue weighted by molar-refractivity contribution is 0.698. The molecule has 1 rings (SSSR count). The first kappa shape index (κ1) is 8.53. The van der Waals surface area contributed by atoms with Gasteiger partial charge in [0.05, 0.1) is 5.88 Å². The molecule has 0 N–H and O–H groups in total. The predicted octanol–water partition coefficient (Wildman–Crippen LogP) is 1.68. The average Bonchev–Trinajstić information content (AvgIpc) is 2.30. The fourth-order valence-corrected chi connectivity index (χ4v) is 1.23. The van der Waals surface area contributed by atoms with Crippen LogP contribution < -0.4 is 0 Å². The fourth-order valence-electron chi connectivity index (χ4n) is 0.994. The molecule has 0 spiro atoms. The molecule has 0 aliphatic carbocycles. The minimum Gasteiger partial charge on any atom is -0.317 e. The number of hydrogen-bond donors (Lipinski definition) is 0. The van der Waals surface area contributed by atoms with Crippen LogP contribution in [0.25, 0.3) is 0 Å². The molecular formula is C7H12ClN3. The molecule has 3 nitrogen and oxygen atoms in total. The highest BCUT2D eigenvalue weighted by molar-refractivity contribution is 6.16. The van der Waals surface area contributed by atoms with Crippen molar-refractivity contribution in [2.24, 2.45) is 7.05 Å². The van der Waals surface area contributed by atoms with Crippen LogP contribution in [0.3, 0.4) is 0 Å². The van der Waals surface area contributed by atoms with Crippen LogP contribution >= 0.6 is 11.6 Å². The van der Waals surface area contributed by atoms with Crippen LogP contribution in [0.15, 0.2) is 0 Å². The number of nitrogens with zero attached hydrogens (tertiary/aromatic N) is 3. The summed E-state index contributed by atoms with van der Waals surface area (Å²) in [6, 6.07) is 0. The topological polar surface area (TPSA) is 30.7 Å². The van der Waals surface area contributed by atoms with Crippen molar-refractivity contribution in [3.05, 3.63) is 11.6 Å². The summed E-state index contributed by atoms with van der Waals surface area (Å²) in [5.74, 6) is 2.65. The summed E-state index contributed by atoms with van der Waals surface area (Å²) in [4.78, 5) is 0. The Balaban J connectivity index is 3.00. The molecule has 0 aliphatic heterocycles. The van der Waals surface area contributed by atoms with Gasteiger partial charge in [-0.3, -0.25) is 0 Å². The first-order chi connectivity index (χ1) is 5.16. The van der Waals surface area contributed by atoms with Crippen molar-refractivity contribution in [3.63, 3.8) is 0 Å². The van der Waals surface area contributed by atoms with Gasteiger partial charge in [-0.1, -0.05) is 13.8 Å². The Bertz CT molecular complexity index is 242. The molecular weight excluding hydrogens is 162 g/mol. The summed E-state index contributed by atoms with van der Waals surface area (Å²) in [7, 11) is 1.94. The first-order valence-corrected chi connectivity index (χ1v) is 4.14. The number of aromatic nitrogens is 3. The second-order valence-corrected chi connectivity index (χ2v) is 3.09. The molecule has 0 fully saturated rings. The van der Waals surface area contributed by atoms with E-state index in [1.165, 1.54) is 0 Å². The van der Waals surface area contributed by atoms with Crippen molar-refractivity contribution in [1.82, 2.24) is 14.8 Å². The molecule has 1 aromatic rings. The Kier molecular flexibility index (Phi) is 2.49. The van der Waals surface area contributed by atoms with E-state index in [1.807, 2.05) is 11.6 Å². The Labute approximate surface area is 71.4 Å². The molecule has 4 heteroatoms. The van der Waals surface area contributed by atoms with Crippen molar-refractivity contribution in [2.45, 2.75) is 25.6 Å². The number of hydrogen-bond acceptors (Lipinski definition) is 2. The van der Waals surface area contributed by atoms with E-state index in [0.717, 1.165) is 11.6 Å². The van der Waals surface area contributed by atoms with E-state index in [2.05, 4.69) is 24.0 Å². The van der Waals surface area contributed by atoms with E-state index in [0.29, 0.717) is 11.8 Å². The van der Waals surface area contributed by atoms with Crippen molar-refractivity contribution >= 4 is 11.6 Å². The summed E-state index contributed by atoms with van der Waals surface area (Å²) >= 11 is 5.63. The van der Waals surface area contributed by atoms with Gasteiger partial charge in [-0.2, -0.15) is 0 Å². The van der Waals surface area contributed by atoms with Gasteiger partial charge in [0.2, 0.25) is 0 Å². The smallest absolute Gasteiger partial charge is 0.147 e. The molecule has 1 heterocycles. The van der Waals surface area contributed by atoms with E-state index in [9.17, 15) is 0 Å². The summed E-state index contributed by atoms with van der Waals surface area (Å²) in [5.41, 5.74) is 0. The van der Waals surface area contributed by atoms with Crippen molar-refractivity contribution < 1.29 is 0 Å². The van der Waals surface area contributed by atoms with E-state index in [-0.39, 0.29) is 0 Å². The van der Waals surface area contributed by atoms with E-state index < -0.39 is 0 Å². The summed E-state index contributed by atoms with van der Waals surface area (Å²) in [6.45, 7) is 4.17. The SMILES string of the molecule is CC(C)c1nnc(CCl)n1C. The van der Waals surface area contributed by atoms with Gasteiger partial charge >= 0.3 is 0 Å². The average molecular weight is 174 g/mol. The third kappa shape index (κ3) is 1.53. The molecule has 0 atom stereocenters. The maximum Gasteiger partial charge on any atom is 0.147 e. The molecule has 0 unspecified atom stereocenters. The lowest BCUT2D eigenvalue weighted by atomic mass is 10.2. The Morgan fingerprint density at radius 2 is 2.09 bits per heavy atom. The number of rotatable bonds is 2. The summed E-state index contributed by atoms with van der Waals surface area (Å²) in [6.07, 6.45) is 0. The van der Waals surface area contributed by atoms with Crippen LogP contribution in [0.2, 0.25) is 0 Å². The van der Waals surface area contributed by atoms with E-state index in [4.69, 9.17) is 11.6 Å². The normalized spacial score (nSPS) is 11.0. The molecule has 62 valence electrons. The highest BCUT2D eigenvalue weighted by Gasteiger charge is 2.09. The highest BCUT2D eigenvalue weighted by Crippen LogP contribution is 2.12. The Morgan fingerprint density at radius 1 is 1.45 bits per heavy atom. The Hall–Kier alpha value is -0.570. The minimum absolute atomic E-state index is 0.407. The molecule has 0 bridgehead atoms. The van der Waals surface area contributed by atoms with Crippen LogP contribution in [-0.2, 0) is 12.9 Å². The molecule has 0 aliphatic rings. The maximum absolute atomic E-state index is 5.63. The predicted molar refractivity (Wildman–Crippen MR) is 44.6 cm³/mol. The lowest BCUT2D eigenvalue weighted by Gasteiger charge is -2.03. The van der Waals surface area contributed by atoms with Gasteiger partial charge in [-0.15, -0.1) is 21.8 Å². The van der Waals surface area contributed by atoms with Crippen LogP contribution in [0.4, 0.5) is 0 Å².